The van der Waals surface area contributed by atoms with Gasteiger partial charge < -0.3 is 5.32 Å². The predicted octanol–water partition coefficient (Wildman–Crippen LogP) is 3.56. The van der Waals surface area contributed by atoms with Gasteiger partial charge in [-0.1, -0.05) is 12.1 Å². The fraction of sp³-hybridized carbons (Fsp3) is 0. The van der Waals surface area contributed by atoms with Crippen LogP contribution in [0.25, 0.3) is 0 Å². The van der Waals surface area contributed by atoms with Crippen molar-refractivity contribution in [3.63, 3.8) is 0 Å². The summed E-state index contributed by atoms with van der Waals surface area (Å²) in [6.07, 6.45) is 1.74. The monoisotopic (exact) mass is 227 g/mol. The van der Waals surface area contributed by atoms with E-state index in [1.807, 2.05) is 42.5 Å². The Bertz CT molecular complexity index is 519. The molecule has 0 atom stereocenters. The Kier molecular flexibility index (Phi) is 3.38. The maximum Gasteiger partial charge on any atom is 0.130 e. The largest absolute Gasteiger partial charge is 0.340 e. The van der Waals surface area contributed by atoms with Crippen molar-refractivity contribution in [2.75, 3.05) is 5.32 Å². The summed E-state index contributed by atoms with van der Waals surface area (Å²) in [6, 6.07) is 13.3. The molecule has 2 aromatic rings. The first-order valence-electron chi connectivity index (χ1n) is 4.74. The van der Waals surface area contributed by atoms with Crippen LogP contribution in [0.4, 0.5) is 17.2 Å². The van der Waals surface area contributed by atoms with Gasteiger partial charge in [-0.25, -0.2) is 4.98 Å². The maximum absolute atomic E-state index is 4.56. The number of rotatable bonds is 3. The van der Waals surface area contributed by atoms with Gasteiger partial charge in [-0.15, -0.1) is 0 Å². The van der Waals surface area contributed by atoms with Gasteiger partial charge in [0.05, 0.1) is 10.8 Å². The molecule has 16 heavy (non-hydrogen) atoms. The number of aliphatic imine (C=N–C) groups is 1. The lowest BCUT2D eigenvalue weighted by Gasteiger charge is -2.04. The quantitative estimate of drug-likeness (QED) is 0.643. The summed E-state index contributed by atoms with van der Waals surface area (Å²) in [5.74, 6) is 0.797. The third-order valence-electron chi connectivity index (χ3n) is 1.96. The molecule has 0 aliphatic carbocycles. The van der Waals surface area contributed by atoms with Crippen molar-refractivity contribution >= 4 is 34.6 Å². The highest BCUT2D eigenvalue weighted by atomic mass is 32.1. The first-order chi connectivity index (χ1) is 7.88. The van der Waals surface area contributed by atoms with Crippen LogP contribution in [0.1, 0.15) is 0 Å². The van der Waals surface area contributed by atoms with E-state index in [0.29, 0.717) is 0 Å². The predicted molar refractivity (Wildman–Crippen MR) is 68.6 cm³/mol. The van der Waals surface area contributed by atoms with Crippen molar-refractivity contribution in [3.8, 4) is 0 Å². The van der Waals surface area contributed by atoms with Gasteiger partial charge >= 0.3 is 0 Å². The lowest BCUT2D eigenvalue weighted by atomic mass is 10.3. The molecule has 0 fully saturated rings. The zero-order valence-electron chi connectivity index (χ0n) is 8.42. The first kappa shape index (κ1) is 10.5. The first-order valence-corrected chi connectivity index (χ1v) is 5.15. The molecule has 0 radical (unpaired) electrons. The van der Waals surface area contributed by atoms with Crippen LogP contribution in [0.5, 0.6) is 0 Å². The zero-order chi connectivity index (χ0) is 11.2. The molecule has 0 amide bonds. The minimum Gasteiger partial charge on any atom is -0.340 e. The molecule has 0 saturated carbocycles. The molecule has 0 bridgehead atoms. The number of pyridine rings is 1. The minimum atomic E-state index is 0.774. The van der Waals surface area contributed by atoms with E-state index in [-0.39, 0.29) is 0 Å². The number of benzene rings is 1. The molecular formula is C12H9N3S. The number of anilines is 2. The Morgan fingerprint density at radius 2 is 2.12 bits per heavy atom. The molecule has 0 saturated heterocycles. The number of nitrogens with zero attached hydrogens (tertiary/aromatic N) is 2. The Balaban J connectivity index is 2.22. The van der Waals surface area contributed by atoms with Crippen LogP contribution in [0.2, 0.25) is 0 Å². The maximum atomic E-state index is 4.56. The van der Waals surface area contributed by atoms with Crippen molar-refractivity contribution in [2.45, 2.75) is 0 Å². The van der Waals surface area contributed by atoms with Crippen LogP contribution in [0.3, 0.4) is 0 Å². The van der Waals surface area contributed by atoms with Crippen LogP contribution in [0, 0.1) is 0 Å². The Morgan fingerprint density at radius 3 is 2.88 bits per heavy atom. The summed E-state index contributed by atoms with van der Waals surface area (Å²) in [5, 5.41) is 5.51. The topological polar surface area (TPSA) is 37.3 Å². The van der Waals surface area contributed by atoms with E-state index in [0.717, 1.165) is 17.2 Å². The molecule has 0 aliphatic heterocycles. The zero-order valence-corrected chi connectivity index (χ0v) is 9.24. The second-order valence-electron chi connectivity index (χ2n) is 3.09. The van der Waals surface area contributed by atoms with Crippen molar-refractivity contribution in [3.05, 3.63) is 48.7 Å². The van der Waals surface area contributed by atoms with E-state index in [9.17, 15) is 0 Å². The summed E-state index contributed by atoms with van der Waals surface area (Å²) in [7, 11) is 0. The third kappa shape index (κ3) is 2.73. The molecule has 0 unspecified atom stereocenters. The number of nitrogens with one attached hydrogen (secondary N) is 1. The van der Waals surface area contributed by atoms with Crippen molar-refractivity contribution < 1.29 is 0 Å². The van der Waals surface area contributed by atoms with Crippen molar-refractivity contribution in [1.29, 1.82) is 0 Å². The molecule has 2 rings (SSSR count). The molecule has 1 N–H and O–H groups in total. The summed E-state index contributed by atoms with van der Waals surface area (Å²) in [4.78, 5) is 8.09. The number of isothiocyanates is 1. The highest BCUT2D eigenvalue weighted by Crippen LogP contribution is 2.20. The normalized spacial score (nSPS) is 9.25. The molecule has 4 heteroatoms. The average molecular weight is 227 g/mol. The third-order valence-corrected chi connectivity index (χ3v) is 2.05. The lowest BCUT2D eigenvalue weighted by molar-refractivity contribution is 1.31. The Labute approximate surface area is 98.9 Å². The van der Waals surface area contributed by atoms with Crippen LogP contribution in [-0.4, -0.2) is 10.1 Å². The highest BCUT2D eigenvalue weighted by molar-refractivity contribution is 7.78. The number of thiocarbonyl (C=S) groups is 1. The van der Waals surface area contributed by atoms with Gasteiger partial charge in [-0.05, 0) is 42.5 Å². The minimum absolute atomic E-state index is 0.774. The van der Waals surface area contributed by atoms with Gasteiger partial charge in [0.25, 0.3) is 0 Å². The smallest absolute Gasteiger partial charge is 0.130 e. The second-order valence-corrected chi connectivity index (χ2v) is 3.28. The van der Waals surface area contributed by atoms with Gasteiger partial charge in [0.15, 0.2) is 0 Å². The Morgan fingerprint density at radius 1 is 1.19 bits per heavy atom. The summed E-state index contributed by atoms with van der Waals surface area (Å²) in [6.45, 7) is 0. The summed E-state index contributed by atoms with van der Waals surface area (Å²) < 4.78 is 0. The SMILES string of the molecule is S=C=Nc1cccc(Nc2ccccn2)c1. The lowest BCUT2D eigenvalue weighted by Crippen LogP contribution is -1.91. The molecule has 1 aromatic heterocycles. The molecule has 1 heterocycles. The van der Waals surface area contributed by atoms with E-state index in [2.05, 4.69) is 32.7 Å². The van der Waals surface area contributed by atoms with Crippen LogP contribution in [-0.2, 0) is 0 Å². The second kappa shape index (κ2) is 5.16. The van der Waals surface area contributed by atoms with Crippen molar-refractivity contribution in [1.82, 2.24) is 4.98 Å². The number of aromatic nitrogens is 1. The summed E-state index contributed by atoms with van der Waals surface area (Å²) >= 11 is 4.56. The molecule has 0 spiro atoms. The van der Waals surface area contributed by atoms with Gasteiger partial charge in [0.1, 0.15) is 5.82 Å². The van der Waals surface area contributed by atoms with Gasteiger partial charge in [0.2, 0.25) is 0 Å². The fourth-order valence-electron chi connectivity index (χ4n) is 1.29. The van der Waals surface area contributed by atoms with Crippen molar-refractivity contribution in [2.24, 2.45) is 4.99 Å². The molecular weight excluding hydrogens is 218 g/mol. The van der Waals surface area contributed by atoms with Crippen LogP contribution < -0.4 is 5.32 Å². The summed E-state index contributed by atoms with van der Waals surface area (Å²) in [5.41, 5.74) is 1.70. The standard InChI is InChI=1S/C12H9N3S/c16-9-14-10-4-3-5-11(8-10)15-12-6-1-2-7-13-12/h1-8H,(H,13,15). The van der Waals surface area contributed by atoms with Gasteiger partial charge in [-0.2, -0.15) is 4.99 Å². The van der Waals surface area contributed by atoms with E-state index in [1.165, 1.54) is 0 Å². The van der Waals surface area contributed by atoms with Crippen LogP contribution in [0.15, 0.2) is 53.7 Å². The van der Waals surface area contributed by atoms with Crippen LogP contribution >= 0.6 is 12.2 Å². The van der Waals surface area contributed by atoms with Gasteiger partial charge in [0, 0.05) is 11.9 Å². The molecule has 3 nitrogen and oxygen atoms in total. The number of hydrogen-bond donors (Lipinski definition) is 1. The number of hydrogen-bond acceptors (Lipinski definition) is 4. The molecule has 0 aliphatic rings. The average Bonchev–Trinajstić information content (AvgIpc) is 2.31. The van der Waals surface area contributed by atoms with Gasteiger partial charge in [-0.3, -0.25) is 0 Å². The van der Waals surface area contributed by atoms with E-state index in [4.69, 9.17) is 0 Å². The van der Waals surface area contributed by atoms with E-state index >= 15 is 0 Å². The Hall–Kier alpha value is -2.03. The fourth-order valence-corrected chi connectivity index (χ4v) is 1.40. The van der Waals surface area contributed by atoms with E-state index < -0.39 is 0 Å². The molecule has 78 valence electrons. The molecule has 1 aromatic carbocycles. The highest BCUT2D eigenvalue weighted by Gasteiger charge is 1.95. The van der Waals surface area contributed by atoms with E-state index in [1.54, 1.807) is 6.20 Å².